The molecule has 8 nitrogen and oxygen atoms in total. The summed E-state index contributed by atoms with van der Waals surface area (Å²) in [4.78, 5) is 18.5. The average molecular weight is 388 g/mol. The first-order valence-electron chi connectivity index (χ1n) is 8.80. The Labute approximate surface area is 155 Å². The van der Waals surface area contributed by atoms with Gasteiger partial charge in [0, 0.05) is 45.8 Å². The molecule has 11 heteroatoms. The highest BCUT2D eigenvalue weighted by atomic mass is 19.4. The lowest BCUT2D eigenvalue weighted by molar-refractivity contribution is -0.141. The van der Waals surface area contributed by atoms with Crippen LogP contribution in [0.15, 0.2) is 12.1 Å². The van der Waals surface area contributed by atoms with Crippen LogP contribution in [0.25, 0.3) is 0 Å². The molecule has 2 aliphatic rings. The van der Waals surface area contributed by atoms with Crippen molar-refractivity contribution >= 4 is 11.8 Å². The molecule has 1 unspecified atom stereocenters. The van der Waals surface area contributed by atoms with Crippen LogP contribution in [0.3, 0.4) is 0 Å². The van der Waals surface area contributed by atoms with Gasteiger partial charge in [-0.1, -0.05) is 0 Å². The van der Waals surface area contributed by atoms with E-state index in [2.05, 4.69) is 32.4 Å². The Morgan fingerprint density at radius 2 is 1.96 bits per heavy atom. The van der Waals surface area contributed by atoms with E-state index in [4.69, 9.17) is 4.74 Å². The molecule has 0 spiro atoms. The molecular weight excluding hydrogens is 365 g/mol. The summed E-state index contributed by atoms with van der Waals surface area (Å²) in [6.07, 6.45) is -4.65. The first-order valence-corrected chi connectivity index (χ1v) is 8.80. The van der Waals surface area contributed by atoms with Gasteiger partial charge in [-0.25, -0.2) is 4.79 Å². The molecule has 2 aliphatic heterocycles. The highest BCUT2D eigenvalue weighted by Crippen LogP contribution is 2.27. The topological polar surface area (TPSA) is 73.8 Å². The number of urea groups is 1. The number of hydrogen-bond donors (Lipinski definition) is 1. The molecule has 3 heterocycles. The van der Waals surface area contributed by atoms with Crippen LogP contribution in [-0.2, 0) is 10.9 Å². The van der Waals surface area contributed by atoms with Gasteiger partial charge in [-0.05, 0) is 19.2 Å². The van der Waals surface area contributed by atoms with E-state index in [1.807, 2.05) is 0 Å². The molecule has 2 amide bonds. The van der Waals surface area contributed by atoms with E-state index >= 15 is 0 Å². The molecule has 0 aliphatic carbocycles. The smallest absolute Gasteiger partial charge is 0.373 e. The van der Waals surface area contributed by atoms with Gasteiger partial charge < -0.3 is 14.5 Å². The van der Waals surface area contributed by atoms with Crippen LogP contribution in [0.4, 0.5) is 23.8 Å². The quantitative estimate of drug-likeness (QED) is 0.832. The summed E-state index contributed by atoms with van der Waals surface area (Å²) in [6.45, 7) is 5.94. The predicted octanol–water partition coefficient (Wildman–Crippen LogP) is 0.976. The van der Waals surface area contributed by atoms with Crippen molar-refractivity contribution in [3.8, 4) is 0 Å². The zero-order valence-corrected chi connectivity index (χ0v) is 15.1. The maximum Gasteiger partial charge on any atom is 0.435 e. The number of likely N-dealkylation sites (N-methyl/N-ethyl adjacent to an activating group) is 1. The maximum absolute atomic E-state index is 12.5. The summed E-state index contributed by atoms with van der Waals surface area (Å²) >= 11 is 0. The number of rotatable bonds is 3. The summed E-state index contributed by atoms with van der Waals surface area (Å²) in [5.41, 5.74) is -1.10. The minimum absolute atomic E-state index is 0.0184. The second kappa shape index (κ2) is 8.36. The lowest BCUT2D eigenvalue weighted by atomic mass is 10.2. The van der Waals surface area contributed by atoms with Crippen molar-refractivity contribution in [2.24, 2.45) is 0 Å². The van der Waals surface area contributed by atoms with Crippen LogP contribution >= 0.6 is 0 Å². The number of amides is 2. The normalized spacial score (nSPS) is 22.7. The van der Waals surface area contributed by atoms with E-state index in [0.717, 1.165) is 44.9 Å². The summed E-state index contributed by atoms with van der Waals surface area (Å²) in [7, 11) is 2.09. The largest absolute Gasteiger partial charge is 0.435 e. The fourth-order valence-electron chi connectivity index (χ4n) is 3.07. The zero-order valence-electron chi connectivity index (χ0n) is 15.1. The number of hydrogen-bond acceptors (Lipinski definition) is 6. The Hall–Kier alpha value is -1.98. The molecule has 1 N–H and O–H groups in total. The number of anilines is 1. The van der Waals surface area contributed by atoms with Crippen LogP contribution in [0.2, 0.25) is 0 Å². The molecule has 0 radical (unpaired) electrons. The van der Waals surface area contributed by atoms with Crippen LogP contribution in [0.5, 0.6) is 0 Å². The average Bonchev–Trinajstić information content (AvgIpc) is 2.63. The lowest BCUT2D eigenvalue weighted by Gasteiger charge is -2.38. The van der Waals surface area contributed by atoms with Crippen molar-refractivity contribution in [2.75, 3.05) is 64.8 Å². The van der Waals surface area contributed by atoms with Crippen LogP contribution in [0.1, 0.15) is 5.69 Å². The summed E-state index contributed by atoms with van der Waals surface area (Å²) in [5, 5.41) is 9.02. The number of ether oxygens (including phenoxy) is 1. The summed E-state index contributed by atoms with van der Waals surface area (Å²) in [5.74, 6) is -0.0184. The highest BCUT2D eigenvalue weighted by molar-refractivity contribution is 5.88. The van der Waals surface area contributed by atoms with E-state index in [-0.39, 0.29) is 11.9 Å². The van der Waals surface area contributed by atoms with Gasteiger partial charge >= 0.3 is 12.2 Å². The number of carbonyl (C=O) groups is 1. The molecule has 2 fully saturated rings. The van der Waals surface area contributed by atoms with Gasteiger partial charge in [-0.15, -0.1) is 10.2 Å². The Bertz CT molecular complexity index is 634. The molecule has 1 atom stereocenters. The minimum Gasteiger partial charge on any atom is -0.373 e. The molecule has 3 rings (SSSR count). The first kappa shape index (κ1) is 19.8. The fourth-order valence-corrected chi connectivity index (χ4v) is 3.07. The van der Waals surface area contributed by atoms with Gasteiger partial charge in [0.05, 0.1) is 12.7 Å². The SMILES string of the molecule is CN1CCN(CC2CN(C(=O)Nc3ccc(C(F)(F)F)nn3)CCO2)CC1. The highest BCUT2D eigenvalue weighted by Gasteiger charge is 2.33. The van der Waals surface area contributed by atoms with Gasteiger partial charge in [0.1, 0.15) is 0 Å². The maximum atomic E-state index is 12.5. The first-order chi connectivity index (χ1) is 12.8. The van der Waals surface area contributed by atoms with Gasteiger partial charge in [0.25, 0.3) is 0 Å². The predicted molar refractivity (Wildman–Crippen MR) is 91.3 cm³/mol. The lowest BCUT2D eigenvalue weighted by Crippen LogP contribution is -2.53. The van der Waals surface area contributed by atoms with E-state index in [1.54, 1.807) is 4.90 Å². The molecule has 2 saturated heterocycles. The van der Waals surface area contributed by atoms with Crippen LogP contribution in [-0.4, -0.2) is 96.5 Å². The van der Waals surface area contributed by atoms with Crippen LogP contribution < -0.4 is 5.32 Å². The molecule has 150 valence electrons. The van der Waals surface area contributed by atoms with E-state index in [1.165, 1.54) is 0 Å². The molecule has 1 aromatic rings. The number of nitrogens with zero attached hydrogens (tertiary/aromatic N) is 5. The third-order valence-electron chi connectivity index (χ3n) is 4.67. The van der Waals surface area contributed by atoms with Crippen molar-refractivity contribution < 1.29 is 22.7 Å². The van der Waals surface area contributed by atoms with E-state index < -0.39 is 17.9 Å². The van der Waals surface area contributed by atoms with E-state index in [9.17, 15) is 18.0 Å². The zero-order chi connectivity index (χ0) is 19.4. The number of nitrogens with one attached hydrogen (secondary N) is 1. The second-order valence-electron chi connectivity index (χ2n) is 6.77. The van der Waals surface area contributed by atoms with Gasteiger partial charge in [0.15, 0.2) is 11.5 Å². The molecule has 0 saturated carbocycles. The standard InChI is InChI=1S/C16H23F3N6O2/c1-23-4-6-24(7-5-23)10-12-11-25(8-9-27-12)15(26)20-14-3-2-13(21-22-14)16(17,18)19/h2-3,12H,4-11H2,1H3,(H,20,22,26). The second-order valence-corrected chi connectivity index (χ2v) is 6.77. The third kappa shape index (κ3) is 5.50. The molecule has 0 aromatic carbocycles. The Morgan fingerprint density at radius 1 is 1.22 bits per heavy atom. The van der Waals surface area contributed by atoms with Gasteiger partial charge in [0.2, 0.25) is 0 Å². The Kier molecular flexibility index (Phi) is 6.12. The minimum atomic E-state index is -4.56. The van der Waals surface area contributed by atoms with Crippen molar-refractivity contribution in [1.82, 2.24) is 24.9 Å². The molecule has 1 aromatic heterocycles. The molecule has 27 heavy (non-hydrogen) atoms. The molecule has 0 bridgehead atoms. The van der Waals surface area contributed by atoms with Crippen molar-refractivity contribution in [3.63, 3.8) is 0 Å². The van der Waals surface area contributed by atoms with Crippen molar-refractivity contribution in [1.29, 1.82) is 0 Å². The Balaban J connectivity index is 1.50. The number of piperazine rings is 1. The van der Waals surface area contributed by atoms with Crippen molar-refractivity contribution in [2.45, 2.75) is 12.3 Å². The number of alkyl halides is 3. The summed E-state index contributed by atoms with van der Waals surface area (Å²) in [6, 6.07) is 1.46. The fraction of sp³-hybridized carbons (Fsp3) is 0.688. The number of carbonyl (C=O) groups excluding carboxylic acids is 1. The van der Waals surface area contributed by atoms with Crippen molar-refractivity contribution in [3.05, 3.63) is 17.8 Å². The molecular formula is C16H23F3N6O2. The Morgan fingerprint density at radius 3 is 2.59 bits per heavy atom. The van der Waals surface area contributed by atoms with Gasteiger partial charge in [-0.3, -0.25) is 10.2 Å². The third-order valence-corrected chi connectivity index (χ3v) is 4.67. The number of morpholine rings is 1. The van der Waals surface area contributed by atoms with Gasteiger partial charge in [-0.2, -0.15) is 13.2 Å². The van der Waals surface area contributed by atoms with E-state index in [0.29, 0.717) is 19.7 Å². The number of aromatic nitrogens is 2. The summed E-state index contributed by atoms with van der Waals surface area (Å²) < 4.78 is 43.3. The van der Waals surface area contributed by atoms with Crippen LogP contribution in [0, 0.1) is 0 Å². The monoisotopic (exact) mass is 388 g/mol. The number of halogens is 3.